The molecule has 1 unspecified atom stereocenters. The van der Waals surface area contributed by atoms with E-state index in [0.29, 0.717) is 40.9 Å². The van der Waals surface area contributed by atoms with Gasteiger partial charge in [-0.25, -0.2) is 0 Å². The Bertz CT molecular complexity index is 1150. The highest BCUT2D eigenvalue weighted by molar-refractivity contribution is 9.10. The molecule has 1 amide bonds. The van der Waals surface area contributed by atoms with Crippen LogP contribution in [0.15, 0.2) is 46.4 Å². The normalized spacial score (nSPS) is 17.2. The zero-order chi connectivity index (χ0) is 26.4. The fraction of sp³-hybridized carbons (Fsp3) is 0.407. The molecule has 1 atom stereocenters. The number of carbonyl (C=O) groups is 2. The van der Waals surface area contributed by atoms with Crippen molar-refractivity contribution in [1.82, 2.24) is 9.80 Å². The van der Waals surface area contributed by atoms with Crippen LogP contribution in [0.3, 0.4) is 0 Å². The van der Waals surface area contributed by atoms with Crippen molar-refractivity contribution in [2.75, 3.05) is 39.9 Å². The van der Waals surface area contributed by atoms with Crippen molar-refractivity contribution in [2.45, 2.75) is 33.2 Å². The number of nitrogens with zero attached hydrogens (tertiary/aromatic N) is 2. The molecule has 1 aliphatic rings. The van der Waals surface area contributed by atoms with Crippen LogP contribution in [0, 0.1) is 0 Å². The minimum Gasteiger partial charge on any atom is -0.507 e. The number of phenols is 1. The molecule has 1 heterocycles. The number of likely N-dealkylation sites (tertiary alicyclic amines) is 1. The number of benzene rings is 2. The van der Waals surface area contributed by atoms with E-state index in [4.69, 9.17) is 9.47 Å². The predicted molar refractivity (Wildman–Crippen MR) is 141 cm³/mol. The summed E-state index contributed by atoms with van der Waals surface area (Å²) in [5.41, 5.74) is 0.883. The van der Waals surface area contributed by atoms with E-state index in [1.807, 2.05) is 6.92 Å². The molecule has 1 aliphatic heterocycles. The topological polar surface area (TPSA) is 99.5 Å². The van der Waals surface area contributed by atoms with E-state index in [1.165, 1.54) is 12.0 Å². The Labute approximate surface area is 220 Å². The molecule has 2 N–H and O–H groups in total. The number of methoxy groups -OCH3 is 1. The van der Waals surface area contributed by atoms with E-state index in [0.717, 1.165) is 19.6 Å². The molecule has 9 heteroatoms. The van der Waals surface area contributed by atoms with Gasteiger partial charge in [0.15, 0.2) is 11.5 Å². The number of hydrogen-bond acceptors (Lipinski definition) is 7. The van der Waals surface area contributed by atoms with Gasteiger partial charge in [0.25, 0.3) is 11.7 Å². The van der Waals surface area contributed by atoms with Crippen LogP contribution in [0.2, 0.25) is 0 Å². The second kappa shape index (κ2) is 12.3. The Kier molecular flexibility index (Phi) is 9.39. The summed E-state index contributed by atoms with van der Waals surface area (Å²) in [6, 6.07) is 9.13. The van der Waals surface area contributed by atoms with Crippen LogP contribution in [-0.2, 0) is 9.59 Å². The van der Waals surface area contributed by atoms with Gasteiger partial charge in [0.05, 0.1) is 29.8 Å². The lowest BCUT2D eigenvalue weighted by molar-refractivity contribution is -0.140. The molecule has 0 radical (unpaired) electrons. The second-order valence-electron chi connectivity index (χ2n) is 8.39. The molecule has 3 rings (SSSR count). The lowest BCUT2D eigenvalue weighted by atomic mass is 9.95. The molecule has 0 aliphatic carbocycles. The molecule has 1 saturated heterocycles. The van der Waals surface area contributed by atoms with Gasteiger partial charge in [-0.2, -0.15) is 0 Å². The molecule has 194 valence electrons. The standard InChI is InChI=1S/C27H33BrN2O6/c1-5-29(6-2)12-9-13-30-23(18-15-20(28)25(32)21(16-18)35-4)22(26(33)27(30)34)24(31)17-10-8-11-19(14-17)36-7-3/h8,10-11,14-16,23,31-32H,5-7,9,12-13H2,1-4H3/b24-22+. The SMILES string of the molecule is CCOc1cccc(/C(O)=C2\C(=O)C(=O)N(CCCN(CC)CC)C2c2cc(Br)c(O)c(OC)c2)c1. The highest BCUT2D eigenvalue weighted by atomic mass is 79.9. The fourth-order valence-corrected chi connectivity index (χ4v) is 4.88. The van der Waals surface area contributed by atoms with Crippen molar-refractivity contribution < 1.29 is 29.3 Å². The summed E-state index contributed by atoms with van der Waals surface area (Å²) in [7, 11) is 1.42. The average molecular weight is 561 g/mol. The maximum atomic E-state index is 13.3. The third-order valence-electron chi connectivity index (χ3n) is 6.31. The lowest BCUT2D eigenvalue weighted by Crippen LogP contribution is -2.33. The molecule has 0 aromatic heterocycles. The maximum Gasteiger partial charge on any atom is 0.295 e. The van der Waals surface area contributed by atoms with Crippen LogP contribution in [-0.4, -0.2) is 71.6 Å². The number of ether oxygens (including phenoxy) is 2. The van der Waals surface area contributed by atoms with E-state index in [-0.39, 0.29) is 22.8 Å². The molecule has 0 spiro atoms. The quantitative estimate of drug-likeness (QED) is 0.233. The van der Waals surface area contributed by atoms with E-state index in [1.54, 1.807) is 36.4 Å². The Morgan fingerprint density at radius 2 is 1.86 bits per heavy atom. The summed E-state index contributed by atoms with van der Waals surface area (Å²) in [6.07, 6.45) is 0.654. The number of carbonyl (C=O) groups excluding carboxylic acids is 2. The van der Waals surface area contributed by atoms with Gasteiger partial charge < -0.3 is 29.5 Å². The van der Waals surface area contributed by atoms with Crippen LogP contribution in [0.4, 0.5) is 0 Å². The highest BCUT2D eigenvalue weighted by Crippen LogP contribution is 2.44. The molecular formula is C27H33BrN2O6. The van der Waals surface area contributed by atoms with E-state index < -0.39 is 17.7 Å². The van der Waals surface area contributed by atoms with Crippen molar-refractivity contribution in [1.29, 1.82) is 0 Å². The van der Waals surface area contributed by atoms with Gasteiger partial charge in [0.1, 0.15) is 11.5 Å². The molecule has 1 fully saturated rings. The third-order valence-corrected chi connectivity index (χ3v) is 6.92. The van der Waals surface area contributed by atoms with Crippen LogP contribution in [0.25, 0.3) is 5.76 Å². The summed E-state index contributed by atoms with van der Waals surface area (Å²) in [4.78, 5) is 30.3. The Hall–Kier alpha value is -3.04. The highest BCUT2D eigenvalue weighted by Gasteiger charge is 2.46. The number of hydrogen-bond donors (Lipinski definition) is 2. The zero-order valence-electron chi connectivity index (χ0n) is 21.1. The molecule has 8 nitrogen and oxygen atoms in total. The van der Waals surface area contributed by atoms with E-state index in [9.17, 15) is 19.8 Å². The molecule has 0 bridgehead atoms. The van der Waals surface area contributed by atoms with Gasteiger partial charge >= 0.3 is 0 Å². The Balaban J connectivity index is 2.13. The average Bonchev–Trinajstić information content (AvgIpc) is 3.13. The Morgan fingerprint density at radius 1 is 1.14 bits per heavy atom. The van der Waals surface area contributed by atoms with Crippen LogP contribution in [0.1, 0.15) is 44.4 Å². The van der Waals surface area contributed by atoms with Gasteiger partial charge in [0, 0.05) is 12.1 Å². The largest absolute Gasteiger partial charge is 0.507 e. The lowest BCUT2D eigenvalue weighted by Gasteiger charge is -2.27. The van der Waals surface area contributed by atoms with Crippen LogP contribution in [0.5, 0.6) is 17.2 Å². The molecule has 36 heavy (non-hydrogen) atoms. The zero-order valence-corrected chi connectivity index (χ0v) is 22.7. The number of aromatic hydroxyl groups is 1. The summed E-state index contributed by atoms with van der Waals surface area (Å²) >= 11 is 3.33. The first-order valence-electron chi connectivity index (χ1n) is 12.1. The summed E-state index contributed by atoms with van der Waals surface area (Å²) < 4.78 is 11.2. The third kappa shape index (κ3) is 5.68. The predicted octanol–water partition coefficient (Wildman–Crippen LogP) is 4.72. The summed E-state index contributed by atoms with van der Waals surface area (Å²) in [5, 5.41) is 21.6. The summed E-state index contributed by atoms with van der Waals surface area (Å²) in [5.74, 6) is -1.08. The number of aliphatic hydroxyl groups is 1. The van der Waals surface area contributed by atoms with Crippen LogP contribution >= 0.6 is 15.9 Å². The van der Waals surface area contributed by atoms with Gasteiger partial charge in [-0.05, 0) is 78.7 Å². The molecule has 0 saturated carbocycles. The van der Waals surface area contributed by atoms with E-state index >= 15 is 0 Å². The number of Topliss-reactive ketones (excluding diaryl/α,β-unsaturated/α-hetero) is 1. The van der Waals surface area contributed by atoms with Crippen LogP contribution < -0.4 is 9.47 Å². The number of ketones is 1. The van der Waals surface area contributed by atoms with Gasteiger partial charge in [-0.15, -0.1) is 0 Å². The number of aliphatic hydroxyl groups excluding tert-OH is 1. The number of amides is 1. The number of rotatable bonds is 11. The van der Waals surface area contributed by atoms with Gasteiger partial charge in [-0.3, -0.25) is 9.59 Å². The molecule has 2 aromatic rings. The van der Waals surface area contributed by atoms with Crippen molar-refractivity contribution in [2.24, 2.45) is 0 Å². The minimum absolute atomic E-state index is 0.0175. The molecule has 2 aromatic carbocycles. The fourth-order valence-electron chi connectivity index (χ4n) is 4.42. The maximum absolute atomic E-state index is 13.3. The minimum atomic E-state index is -0.858. The second-order valence-corrected chi connectivity index (χ2v) is 9.24. The smallest absolute Gasteiger partial charge is 0.295 e. The van der Waals surface area contributed by atoms with E-state index in [2.05, 4.69) is 34.7 Å². The Morgan fingerprint density at radius 3 is 2.50 bits per heavy atom. The van der Waals surface area contributed by atoms with Crippen molar-refractivity contribution in [3.63, 3.8) is 0 Å². The first-order valence-corrected chi connectivity index (χ1v) is 12.9. The van der Waals surface area contributed by atoms with Crippen molar-refractivity contribution in [3.05, 3.63) is 57.6 Å². The number of phenolic OH excluding ortho intramolecular Hbond substituents is 1. The van der Waals surface area contributed by atoms with Crippen molar-refractivity contribution >= 4 is 33.4 Å². The summed E-state index contributed by atoms with van der Waals surface area (Å²) in [6.45, 7) is 9.31. The van der Waals surface area contributed by atoms with Crippen molar-refractivity contribution in [3.8, 4) is 17.2 Å². The molecular weight excluding hydrogens is 528 g/mol. The van der Waals surface area contributed by atoms with Gasteiger partial charge in [0.2, 0.25) is 0 Å². The first-order chi connectivity index (χ1) is 17.3. The van der Waals surface area contributed by atoms with Gasteiger partial charge in [-0.1, -0.05) is 26.0 Å². The number of halogens is 1. The first kappa shape index (κ1) is 27.5. The monoisotopic (exact) mass is 560 g/mol.